The highest BCUT2D eigenvalue weighted by Gasteiger charge is 2.04. The number of unbranched alkanes of at least 4 members (excludes halogenated alkanes) is 6. The molecule has 0 saturated heterocycles. The van der Waals surface area contributed by atoms with Crippen LogP contribution in [-0.4, -0.2) is 36.2 Å². The maximum atomic E-state index is 13.4. The third kappa shape index (κ3) is 9.19. The summed E-state index contributed by atoms with van der Waals surface area (Å²) >= 11 is 0. The minimum atomic E-state index is -0.499. The number of benzene rings is 1. The Morgan fingerprint density at radius 3 is 2.14 bits per heavy atom. The fraction of sp³-hybridized carbons (Fsp3) is 0.667. The minimum absolute atomic E-state index is 0.0714. The number of halogens is 1. The van der Waals surface area contributed by atoms with Crippen molar-refractivity contribution in [3.8, 4) is 11.5 Å². The van der Waals surface area contributed by atoms with Crippen LogP contribution in [0.15, 0.2) is 18.2 Å². The third-order valence-corrected chi connectivity index (χ3v) is 5.09. The lowest BCUT2D eigenvalue weighted by molar-refractivity contribution is 0.289. The second kappa shape index (κ2) is 9.98. The number of hydrogen-bond donors (Lipinski definition) is 1. The Bertz CT molecular complexity index is 430. The molecule has 1 aromatic rings. The van der Waals surface area contributed by atoms with Gasteiger partial charge in [0.2, 0.25) is 0 Å². The lowest BCUT2D eigenvalue weighted by atomic mass is 10.1. The molecule has 2 nitrogen and oxygen atoms in total. The predicted octanol–water partition coefficient (Wildman–Crippen LogP) is 5.33. The molecule has 0 aliphatic carbocycles. The quantitative estimate of drug-likeness (QED) is 0.555. The summed E-state index contributed by atoms with van der Waals surface area (Å²) in [6.45, 7) is 0.537. The summed E-state index contributed by atoms with van der Waals surface area (Å²) in [4.78, 5) is 0. The summed E-state index contributed by atoms with van der Waals surface area (Å²) < 4.78 is 18.8. The van der Waals surface area contributed by atoms with Crippen molar-refractivity contribution in [3.05, 3.63) is 24.0 Å². The predicted molar refractivity (Wildman–Crippen MR) is 96.1 cm³/mol. The Balaban J connectivity index is 1.96. The Labute approximate surface area is 136 Å². The van der Waals surface area contributed by atoms with Crippen molar-refractivity contribution in [2.45, 2.75) is 44.9 Å². The number of phenolic OH excluding ortho intramolecular Hbond substituents is 1. The van der Waals surface area contributed by atoms with Crippen molar-refractivity contribution in [3.63, 3.8) is 0 Å². The van der Waals surface area contributed by atoms with Gasteiger partial charge in [-0.15, -0.1) is 0 Å². The van der Waals surface area contributed by atoms with Crippen LogP contribution >= 0.6 is 10.0 Å². The average Bonchev–Trinajstić information content (AvgIpc) is 2.41. The first kappa shape index (κ1) is 19.1. The van der Waals surface area contributed by atoms with Gasteiger partial charge in [0.05, 0.1) is 6.61 Å². The van der Waals surface area contributed by atoms with Crippen LogP contribution in [0.3, 0.4) is 0 Å². The molecule has 0 heterocycles. The highest BCUT2D eigenvalue weighted by Crippen LogP contribution is 2.35. The molecule has 0 bridgehead atoms. The normalized spacial score (nSPS) is 12.4. The highest BCUT2D eigenvalue weighted by molar-refractivity contribution is 8.32. The number of aromatic hydroxyl groups is 1. The standard InChI is InChI=1S/C18H31FO2S/c1-22(2,3)14-10-8-6-4-5-7-9-13-21-18-12-11-16(20)15-17(18)19/h11-12,15,20H,4-10,13-14H2,1-3H3. The van der Waals surface area contributed by atoms with E-state index in [1.54, 1.807) is 0 Å². The molecular formula is C18H31FO2S. The summed E-state index contributed by atoms with van der Waals surface area (Å²) in [6.07, 6.45) is 15.8. The van der Waals surface area contributed by atoms with Gasteiger partial charge in [0.1, 0.15) is 5.75 Å². The molecule has 0 fully saturated rings. The van der Waals surface area contributed by atoms with Crippen molar-refractivity contribution in [1.29, 1.82) is 0 Å². The summed E-state index contributed by atoms with van der Waals surface area (Å²) in [5.74, 6) is 1.04. The first-order chi connectivity index (χ1) is 10.4. The maximum absolute atomic E-state index is 13.4. The zero-order chi connectivity index (χ0) is 16.4. The van der Waals surface area contributed by atoms with Crippen molar-refractivity contribution in [1.82, 2.24) is 0 Å². The van der Waals surface area contributed by atoms with Gasteiger partial charge in [-0.05, 0) is 49.5 Å². The smallest absolute Gasteiger partial charge is 0.168 e. The van der Waals surface area contributed by atoms with Crippen LogP contribution in [0.25, 0.3) is 0 Å². The van der Waals surface area contributed by atoms with Crippen LogP contribution < -0.4 is 4.74 Å². The molecule has 1 rings (SSSR count). The molecule has 128 valence electrons. The van der Waals surface area contributed by atoms with Gasteiger partial charge < -0.3 is 9.84 Å². The number of phenols is 1. The molecule has 22 heavy (non-hydrogen) atoms. The zero-order valence-corrected chi connectivity index (χ0v) is 15.1. The van der Waals surface area contributed by atoms with Gasteiger partial charge in [-0.3, -0.25) is 0 Å². The van der Waals surface area contributed by atoms with Crippen molar-refractivity contribution >= 4 is 10.0 Å². The molecule has 0 radical (unpaired) electrons. The van der Waals surface area contributed by atoms with E-state index < -0.39 is 5.82 Å². The molecule has 0 spiro atoms. The van der Waals surface area contributed by atoms with Crippen LogP contribution in [0.4, 0.5) is 4.39 Å². The van der Waals surface area contributed by atoms with Crippen LogP contribution in [-0.2, 0) is 0 Å². The molecule has 1 N–H and O–H groups in total. The SMILES string of the molecule is CS(C)(C)CCCCCCCCCOc1ccc(O)cc1F. The second-order valence-corrected chi connectivity index (χ2v) is 11.3. The molecular weight excluding hydrogens is 299 g/mol. The highest BCUT2D eigenvalue weighted by atomic mass is 32.3. The topological polar surface area (TPSA) is 29.5 Å². The fourth-order valence-corrected chi connectivity index (χ4v) is 3.38. The summed E-state index contributed by atoms with van der Waals surface area (Å²) in [5, 5.41) is 9.12. The third-order valence-electron chi connectivity index (χ3n) is 3.57. The van der Waals surface area contributed by atoms with Crippen molar-refractivity contribution < 1.29 is 14.2 Å². The number of rotatable bonds is 11. The van der Waals surface area contributed by atoms with Gasteiger partial charge >= 0.3 is 0 Å². The van der Waals surface area contributed by atoms with Crippen LogP contribution in [0.5, 0.6) is 11.5 Å². The molecule has 0 aromatic heterocycles. The van der Waals surface area contributed by atoms with E-state index >= 15 is 0 Å². The number of hydrogen-bond acceptors (Lipinski definition) is 2. The summed E-state index contributed by atoms with van der Waals surface area (Å²) in [5.41, 5.74) is 0. The van der Waals surface area contributed by atoms with E-state index in [-0.39, 0.29) is 21.5 Å². The molecule has 1 aromatic carbocycles. The lowest BCUT2D eigenvalue weighted by Gasteiger charge is -2.24. The molecule has 0 amide bonds. The van der Waals surface area contributed by atoms with Gasteiger partial charge in [0.25, 0.3) is 0 Å². The first-order valence-electron chi connectivity index (χ1n) is 8.16. The van der Waals surface area contributed by atoms with E-state index in [1.165, 1.54) is 50.0 Å². The van der Waals surface area contributed by atoms with Crippen molar-refractivity contribution in [2.24, 2.45) is 0 Å². The largest absolute Gasteiger partial charge is 0.508 e. The first-order valence-corrected chi connectivity index (χ1v) is 11.2. The van der Waals surface area contributed by atoms with Crippen LogP contribution in [0, 0.1) is 5.82 Å². The van der Waals surface area contributed by atoms with Crippen LogP contribution in [0.2, 0.25) is 0 Å². The summed E-state index contributed by atoms with van der Waals surface area (Å²) in [7, 11) is -0.324. The second-order valence-electron chi connectivity index (χ2n) is 6.73. The summed E-state index contributed by atoms with van der Waals surface area (Å²) in [6, 6.07) is 3.99. The van der Waals surface area contributed by atoms with Gasteiger partial charge in [-0.2, -0.15) is 0 Å². The van der Waals surface area contributed by atoms with E-state index in [0.29, 0.717) is 6.61 Å². The maximum Gasteiger partial charge on any atom is 0.168 e. The molecule has 4 heteroatoms. The Morgan fingerprint density at radius 1 is 0.955 bits per heavy atom. The van der Waals surface area contributed by atoms with E-state index in [9.17, 15) is 4.39 Å². The average molecular weight is 331 g/mol. The van der Waals surface area contributed by atoms with E-state index in [4.69, 9.17) is 9.84 Å². The Morgan fingerprint density at radius 2 is 1.55 bits per heavy atom. The monoisotopic (exact) mass is 330 g/mol. The van der Waals surface area contributed by atoms with E-state index in [1.807, 2.05) is 0 Å². The molecule has 0 saturated carbocycles. The van der Waals surface area contributed by atoms with E-state index in [0.717, 1.165) is 18.9 Å². The Hall–Kier alpha value is -0.900. The molecule has 0 unspecified atom stereocenters. The molecule has 0 atom stereocenters. The van der Waals surface area contributed by atoms with Gasteiger partial charge in [-0.1, -0.05) is 32.1 Å². The molecule has 0 aliphatic heterocycles. The fourth-order valence-electron chi connectivity index (χ4n) is 2.31. The van der Waals surface area contributed by atoms with Gasteiger partial charge in [0, 0.05) is 6.07 Å². The van der Waals surface area contributed by atoms with Crippen molar-refractivity contribution in [2.75, 3.05) is 31.1 Å². The lowest BCUT2D eigenvalue weighted by Crippen LogP contribution is -1.99. The van der Waals surface area contributed by atoms with Gasteiger partial charge in [0.15, 0.2) is 11.6 Å². The number of ether oxygens (including phenoxy) is 1. The zero-order valence-electron chi connectivity index (χ0n) is 14.2. The molecule has 0 aliphatic rings. The van der Waals surface area contributed by atoms with Crippen LogP contribution in [0.1, 0.15) is 44.9 Å². The van der Waals surface area contributed by atoms with E-state index in [2.05, 4.69) is 18.8 Å². The minimum Gasteiger partial charge on any atom is -0.508 e. The van der Waals surface area contributed by atoms with Gasteiger partial charge in [-0.25, -0.2) is 14.4 Å². The Kier molecular flexibility index (Phi) is 8.69.